The van der Waals surface area contributed by atoms with Crippen LogP contribution < -0.4 is 0 Å². The molecule has 84 valence electrons. The highest BCUT2D eigenvalue weighted by Crippen LogP contribution is 2.30. The van der Waals surface area contributed by atoms with Crippen LogP contribution in [0.25, 0.3) is 20.9 Å². The summed E-state index contributed by atoms with van der Waals surface area (Å²) in [5.41, 5.74) is 13.8. The molecule has 1 saturated heterocycles. The van der Waals surface area contributed by atoms with E-state index in [1.807, 2.05) is 0 Å². The maximum atomic E-state index is 11.5. The topological polar surface area (TPSA) is 150 Å². The van der Waals surface area contributed by atoms with Crippen molar-refractivity contribution < 1.29 is 19.1 Å². The molecule has 0 atom stereocenters. The minimum absolute atomic E-state index is 1.27. The normalized spacial score (nSPS) is 20.9. The lowest BCUT2D eigenvalue weighted by Crippen LogP contribution is -2.56. The Balaban J connectivity index is 3.31. The number of hydrogen-bond donors (Lipinski definition) is 0. The molecule has 10 nitrogen and oxygen atoms in total. The van der Waals surface area contributed by atoms with E-state index in [0.717, 1.165) is 0 Å². The lowest BCUT2D eigenvalue weighted by molar-refractivity contribution is -0.241. The van der Waals surface area contributed by atoms with Gasteiger partial charge in [0.15, 0.2) is 0 Å². The number of rotatable bonds is 2. The predicted molar refractivity (Wildman–Crippen MR) is 47.3 cm³/mol. The summed E-state index contributed by atoms with van der Waals surface area (Å²) in [5.74, 6) is -4.04. The van der Waals surface area contributed by atoms with Gasteiger partial charge >= 0.3 is 17.6 Å². The third kappa shape index (κ3) is 1.70. The molecule has 1 rings (SSSR count). The molecule has 1 heterocycles. The van der Waals surface area contributed by atoms with E-state index in [4.69, 9.17) is 11.1 Å². The second-order valence-corrected chi connectivity index (χ2v) is 3.23. The third-order valence-electron chi connectivity index (χ3n) is 1.63. The van der Waals surface area contributed by atoms with Crippen molar-refractivity contribution in [2.75, 3.05) is 0 Å². The Labute approximate surface area is 88.4 Å². The molecule has 1 aliphatic rings. The maximum absolute atomic E-state index is 11.5. The van der Waals surface area contributed by atoms with Gasteiger partial charge in [-0.05, 0) is 11.1 Å². The summed E-state index contributed by atoms with van der Waals surface area (Å²) in [6.45, 7) is 2.61. The molecule has 0 aromatic carbocycles. The number of ether oxygens (including phenoxy) is 2. The van der Waals surface area contributed by atoms with Crippen LogP contribution in [-0.2, 0) is 19.1 Å². The average Bonchev–Trinajstić information content (AvgIpc) is 2.13. The molecule has 0 N–H and O–H groups in total. The Morgan fingerprint density at radius 2 is 1.44 bits per heavy atom. The molecule has 10 heteroatoms. The van der Waals surface area contributed by atoms with Crippen LogP contribution in [-0.4, -0.2) is 23.4 Å². The lowest BCUT2D eigenvalue weighted by Gasteiger charge is -2.35. The summed E-state index contributed by atoms with van der Waals surface area (Å²) in [7, 11) is 0. The largest absolute Gasteiger partial charge is 0.422 e. The van der Waals surface area contributed by atoms with E-state index in [9.17, 15) is 9.59 Å². The van der Waals surface area contributed by atoms with Gasteiger partial charge in [-0.15, -0.1) is 0 Å². The van der Waals surface area contributed by atoms with Gasteiger partial charge in [0.25, 0.3) is 5.79 Å². The number of carbonyl (C=O) groups excluding carboxylic acids is 2. The van der Waals surface area contributed by atoms with Gasteiger partial charge in [-0.25, -0.2) is 0 Å². The highest BCUT2D eigenvalue weighted by molar-refractivity contribution is 6.06. The van der Waals surface area contributed by atoms with Crippen LogP contribution in [0.3, 0.4) is 0 Å². The molecule has 0 saturated carbocycles. The zero-order valence-electron chi connectivity index (χ0n) is 8.32. The highest BCUT2D eigenvalue weighted by atomic mass is 16.7. The molecule has 0 unspecified atom stereocenters. The van der Waals surface area contributed by atoms with Crippen molar-refractivity contribution in [2.45, 2.75) is 25.3 Å². The van der Waals surface area contributed by atoms with Gasteiger partial charge in [0.2, 0.25) is 0 Å². The molecule has 0 aromatic rings. The van der Waals surface area contributed by atoms with Crippen LogP contribution in [0.4, 0.5) is 0 Å². The molecule has 0 spiro atoms. The zero-order chi connectivity index (χ0) is 12.4. The van der Waals surface area contributed by atoms with Gasteiger partial charge in [0, 0.05) is 23.7 Å². The first kappa shape index (κ1) is 11.6. The molecule has 1 aliphatic heterocycles. The van der Waals surface area contributed by atoms with E-state index < -0.39 is 23.4 Å². The molecule has 1 fully saturated rings. The van der Waals surface area contributed by atoms with Gasteiger partial charge in [-0.1, -0.05) is 10.2 Å². The van der Waals surface area contributed by atoms with Crippen molar-refractivity contribution in [3.63, 3.8) is 0 Å². The van der Waals surface area contributed by atoms with E-state index in [0.29, 0.717) is 0 Å². The Morgan fingerprint density at radius 1 is 1.06 bits per heavy atom. The minimum atomic E-state index is -2.65. The van der Waals surface area contributed by atoms with Crippen LogP contribution in [0.1, 0.15) is 13.8 Å². The fourth-order valence-corrected chi connectivity index (χ4v) is 1.01. The van der Waals surface area contributed by atoms with E-state index in [-0.39, 0.29) is 0 Å². The number of esters is 2. The first-order valence-corrected chi connectivity index (χ1v) is 3.97. The van der Waals surface area contributed by atoms with Gasteiger partial charge in [0.1, 0.15) is 0 Å². The summed E-state index contributed by atoms with van der Waals surface area (Å²) in [5, 5.41) is 5.69. The lowest BCUT2D eigenvalue weighted by atomic mass is 10.1. The zero-order valence-corrected chi connectivity index (χ0v) is 8.32. The third-order valence-corrected chi connectivity index (χ3v) is 1.63. The van der Waals surface area contributed by atoms with E-state index >= 15 is 0 Å². The number of azide groups is 1. The average molecular weight is 226 g/mol. The second-order valence-electron chi connectivity index (χ2n) is 3.23. The summed E-state index contributed by atoms with van der Waals surface area (Å²) >= 11 is 0. The summed E-state index contributed by atoms with van der Waals surface area (Å²) in [6.07, 6.45) is 0. The Hall–Kier alpha value is -2.44. The molecular weight excluding hydrogens is 220 g/mol. The second kappa shape index (κ2) is 3.61. The SMILES string of the molecule is CC1(C)OC(=O)C(N=[N+]=[N-])(N=[N+]=[N-])C(=O)O1. The summed E-state index contributed by atoms with van der Waals surface area (Å²) in [4.78, 5) is 27.5. The van der Waals surface area contributed by atoms with Gasteiger partial charge < -0.3 is 9.47 Å². The highest BCUT2D eigenvalue weighted by Gasteiger charge is 2.56. The predicted octanol–water partition coefficient (Wildman–Crippen LogP) is 1.14. The molecule has 0 amide bonds. The number of cyclic esters (lactones) is 2. The number of hydrogen-bond acceptors (Lipinski definition) is 6. The van der Waals surface area contributed by atoms with Crippen molar-refractivity contribution in [1.29, 1.82) is 0 Å². The van der Waals surface area contributed by atoms with Crippen LogP contribution in [0.2, 0.25) is 0 Å². The van der Waals surface area contributed by atoms with Crippen molar-refractivity contribution in [1.82, 2.24) is 0 Å². The molecule has 0 aromatic heterocycles. The van der Waals surface area contributed by atoms with Gasteiger partial charge in [-0.2, -0.15) is 0 Å². The first-order chi connectivity index (χ1) is 7.38. The van der Waals surface area contributed by atoms with Crippen LogP contribution >= 0.6 is 0 Å². The fourth-order valence-electron chi connectivity index (χ4n) is 1.01. The number of nitrogens with zero attached hydrogens (tertiary/aromatic N) is 6. The van der Waals surface area contributed by atoms with Crippen molar-refractivity contribution >= 4 is 11.9 Å². The monoisotopic (exact) mass is 226 g/mol. The van der Waals surface area contributed by atoms with Crippen molar-refractivity contribution in [3.8, 4) is 0 Å². The Bertz CT molecular complexity index is 404. The Morgan fingerprint density at radius 3 is 1.75 bits per heavy atom. The minimum Gasteiger partial charge on any atom is -0.422 e. The van der Waals surface area contributed by atoms with Gasteiger partial charge in [0.05, 0.1) is 0 Å². The number of carbonyl (C=O) groups is 2. The Kier molecular flexibility index (Phi) is 2.63. The van der Waals surface area contributed by atoms with E-state index in [2.05, 4.69) is 29.5 Å². The van der Waals surface area contributed by atoms with Crippen LogP contribution in [0.5, 0.6) is 0 Å². The van der Waals surface area contributed by atoms with Gasteiger partial charge in [-0.3, -0.25) is 9.59 Å². The molecule has 0 radical (unpaired) electrons. The summed E-state index contributed by atoms with van der Waals surface area (Å²) in [6, 6.07) is 0. The van der Waals surface area contributed by atoms with Crippen LogP contribution in [0, 0.1) is 0 Å². The standard InChI is InChI=1S/C6H6N6O4/c1-5(2)15-3(13)6(9-11-7,10-12-8)4(14)16-5/h1-2H3. The molecular formula is C6H6N6O4. The quantitative estimate of drug-likeness (QED) is 0.228. The molecule has 0 aliphatic carbocycles. The molecule has 0 bridgehead atoms. The van der Waals surface area contributed by atoms with E-state index in [1.54, 1.807) is 0 Å². The van der Waals surface area contributed by atoms with Crippen molar-refractivity contribution in [2.24, 2.45) is 10.2 Å². The smallest absolute Gasteiger partial charge is 0.339 e. The van der Waals surface area contributed by atoms with E-state index in [1.165, 1.54) is 13.8 Å². The first-order valence-electron chi connectivity index (χ1n) is 3.97. The molecule has 16 heavy (non-hydrogen) atoms. The summed E-state index contributed by atoms with van der Waals surface area (Å²) < 4.78 is 9.31. The maximum Gasteiger partial charge on any atom is 0.339 e. The van der Waals surface area contributed by atoms with Crippen LogP contribution in [0.15, 0.2) is 10.2 Å². The van der Waals surface area contributed by atoms with Crippen molar-refractivity contribution in [3.05, 3.63) is 20.9 Å². The fraction of sp³-hybridized carbons (Fsp3) is 0.667.